The van der Waals surface area contributed by atoms with Crippen molar-refractivity contribution in [3.8, 4) is 0 Å². The number of hydrogen-bond donors (Lipinski definition) is 1. The van der Waals surface area contributed by atoms with E-state index in [9.17, 15) is 4.55 Å². The van der Waals surface area contributed by atoms with Gasteiger partial charge in [0.05, 0.1) is 36.2 Å². The first-order valence-corrected chi connectivity index (χ1v) is 11.3. The predicted molar refractivity (Wildman–Crippen MR) is 110 cm³/mol. The van der Waals surface area contributed by atoms with Crippen LogP contribution in [0.25, 0.3) is 0 Å². The van der Waals surface area contributed by atoms with Gasteiger partial charge in [-0.25, -0.2) is 9.97 Å². The number of nitrogens with zero attached hydrogens (tertiary/aromatic N) is 5. The van der Waals surface area contributed by atoms with Gasteiger partial charge in [-0.1, -0.05) is 11.6 Å². The average molecular weight is 457 g/mol. The van der Waals surface area contributed by atoms with Gasteiger partial charge in [0.15, 0.2) is 23.0 Å². The van der Waals surface area contributed by atoms with Gasteiger partial charge in [-0.05, 0) is 26.7 Å². The monoisotopic (exact) mass is 456 g/mol. The van der Waals surface area contributed by atoms with Crippen LogP contribution < -0.4 is 4.72 Å². The Hall–Kier alpha value is -1.50. The summed E-state index contributed by atoms with van der Waals surface area (Å²) >= 11 is 4.32. The molecule has 2 aromatic rings. The normalized spacial score (nSPS) is 23.6. The Labute approximate surface area is 183 Å². The van der Waals surface area contributed by atoms with E-state index in [1.807, 2.05) is 4.57 Å². The number of hydrogen-bond acceptors (Lipinski definition) is 9. The van der Waals surface area contributed by atoms with E-state index in [4.69, 9.17) is 25.8 Å². The minimum Gasteiger partial charge on any atom is -0.593 e. The Kier molecular flexibility index (Phi) is 6.47. The number of nitrogens with one attached hydrogen (secondary N) is 1. The zero-order valence-electron chi connectivity index (χ0n) is 17.1. The summed E-state index contributed by atoms with van der Waals surface area (Å²) in [5, 5.41) is 8.56. The Bertz CT molecular complexity index is 859. The first kappa shape index (κ1) is 21.7. The number of rotatable bonds is 8. The molecule has 0 amide bonds. The number of halogens is 1. The van der Waals surface area contributed by atoms with E-state index in [1.54, 1.807) is 6.92 Å². The van der Waals surface area contributed by atoms with Crippen LogP contribution in [0, 0.1) is 0 Å². The molecule has 3 heterocycles. The zero-order chi connectivity index (χ0) is 21.3. The molecule has 1 saturated heterocycles. The summed E-state index contributed by atoms with van der Waals surface area (Å²) in [5.74, 6) is 1.54. The zero-order valence-corrected chi connectivity index (χ0v) is 18.6. The molecule has 0 spiro atoms. The van der Waals surface area contributed by atoms with Crippen LogP contribution in [0.3, 0.4) is 0 Å². The van der Waals surface area contributed by atoms with Crippen LogP contribution >= 0.6 is 11.6 Å². The summed E-state index contributed by atoms with van der Waals surface area (Å²) in [6.07, 6.45) is 4.07. The largest absolute Gasteiger partial charge is 0.593 e. The molecule has 12 heteroatoms. The Morgan fingerprint density at radius 3 is 2.67 bits per heavy atom. The highest BCUT2D eigenvalue weighted by Crippen LogP contribution is 2.46. The molecule has 2 aliphatic rings. The second-order valence-corrected chi connectivity index (χ2v) is 9.65. The van der Waals surface area contributed by atoms with Crippen molar-refractivity contribution in [1.82, 2.24) is 24.7 Å². The second-order valence-electron chi connectivity index (χ2n) is 7.67. The third-order valence-electron chi connectivity index (χ3n) is 5.41. The lowest BCUT2D eigenvalue weighted by atomic mass is 10.2. The Morgan fingerprint density at radius 2 is 2.07 bits per heavy atom. The van der Waals surface area contributed by atoms with E-state index in [0.717, 1.165) is 12.8 Å². The molecule has 164 valence electrons. The van der Waals surface area contributed by atoms with Crippen LogP contribution in [0.1, 0.15) is 50.5 Å². The molecular weight excluding hydrogens is 432 g/mol. The lowest BCUT2D eigenvalue weighted by Gasteiger charge is -2.27. The summed E-state index contributed by atoms with van der Waals surface area (Å²) < 4.78 is 35.0. The number of methoxy groups -OCH3 is 1. The van der Waals surface area contributed by atoms with Gasteiger partial charge >= 0.3 is 0 Å². The Morgan fingerprint density at radius 1 is 1.33 bits per heavy atom. The molecule has 4 rings (SSSR count). The average Bonchev–Trinajstić information content (AvgIpc) is 3.35. The molecule has 10 nitrogen and oxygen atoms in total. The van der Waals surface area contributed by atoms with Crippen LogP contribution in [0.4, 0.5) is 5.95 Å². The minimum atomic E-state index is -1.54. The fourth-order valence-electron chi connectivity index (χ4n) is 3.42. The highest BCUT2D eigenvalue weighted by Gasteiger charge is 2.45. The van der Waals surface area contributed by atoms with Crippen molar-refractivity contribution in [2.45, 2.75) is 49.7 Å². The smallest absolute Gasteiger partial charge is 0.266 e. The standard InChI is InChI=1S/C18H25ClN6O4S/c1-11(14(27-3)15-20-8-12(19)9-21-15)30(26)24-17-23-22-16(13-10-28-6-7-29-13)25(17)18(2)4-5-18/h8-9,11,13-14H,4-7,10H2,1-3H3,(H,23,24). The van der Waals surface area contributed by atoms with Gasteiger partial charge in [-0.3, -0.25) is 4.57 Å². The highest BCUT2D eigenvalue weighted by molar-refractivity contribution is 7.93. The van der Waals surface area contributed by atoms with Gasteiger partial charge in [0.25, 0.3) is 5.95 Å². The fraction of sp³-hybridized carbons (Fsp3) is 0.667. The molecule has 4 unspecified atom stereocenters. The van der Waals surface area contributed by atoms with E-state index in [2.05, 4.69) is 31.8 Å². The maximum absolute atomic E-state index is 13.1. The maximum Gasteiger partial charge on any atom is 0.266 e. The van der Waals surface area contributed by atoms with Crippen molar-refractivity contribution in [3.63, 3.8) is 0 Å². The van der Waals surface area contributed by atoms with Crippen LogP contribution in [0.5, 0.6) is 0 Å². The first-order chi connectivity index (χ1) is 14.4. The van der Waals surface area contributed by atoms with Gasteiger partial charge in [0.1, 0.15) is 6.10 Å². The number of anilines is 1. The van der Waals surface area contributed by atoms with Crippen molar-refractivity contribution in [2.75, 3.05) is 31.7 Å². The lowest BCUT2D eigenvalue weighted by Crippen LogP contribution is -2.34. The van der Waals surface area contributed by atoms with E-state index >= 15 is 0 Å². The third-order valence-corrected chi connectivity index (χ3v) is 6.91. The van der Waals surface area contributed by atoms with Crippen molar-refractivity contribution >= 4 is 28.9 Å². The van der Waals surface area contributed by atoms with Crippen LogP contribution in [0.2, 0.25) is 5.02 Å². The topological polar surface area (TPSA) is 119 Å². The van der Waals surface area contributed by atoms with E-state index < -0.39 is 22.7 Å². The van der Waals surface area contributed by atoms with Crippen LogP contribution in [0.15, 0.2) is 12.4 Å². The molecule has 1 aliphatic heterocycles. The van der Waals surface area contributed by atoms with Crippen LogP contribution in [-0.4, -0.2) is 61.5 Å². The maximum atomic E-state index is 13.1. The fourth-order valence-corrected chi connectivity index (χ4v) is 4.47. The van der Waals surface area contributed by atoms with E-state index in [1.165, 1.54) is 19.5 Å². The second kappa shape index (κ2) is 8.93. The predicted octanol–water partition coefficient (Wildman–Crippen LogP) is 2.17. The highest BCUT2D eigenvalue weighted by atomic mass is 35.5. The molecule has 0 radical (unpaired) electrons. The van der Waals surface area contributed by atoms with Crippen LogP contribution in [-0.2, 0) is 31.1 Å². The Balaban J connectivity index is 1.54. The molecule has 2 fully saturated rings. The van der Waals surface area contributed by atoms with Crippen molar-refractivity contribution in [3.05, 3.63) is 29.1 Å². The summed E-state index contributed by atoms with van der Waals surface area (Å²) in [6, 6.07) is 0. The third kappa shape index (κ3) is 4.41. The SMILES string of the molecule is COC(c1ncc(Cl)cn1)C(C)[S+]([O-])Nc1nnc(C2COCCO2)n1C1(C)CC1. The molecule has 0 bridgehead atoms. The van der Waals surface area contributed by atoms with Gasteiger partial charge < -0.3 is 18.8 Å². The molecule has 0 aromatic carbocycles. The van der Waals surface area contributed by atoms with Gasteiger partial charge in [0, 0.05) is 25.0 Å². The summed E-state index contributed by atoms with van der Waals surface area (Å²) in [5.41, 5.74) is -0.130. The molecule has 1 N–H and O–H groups in total. The van der Waals surface area contributed by atoms with Crippen molar-refractivity contribution in [1.29, 1.82) is 0 Å². The van der Waals surface area contributed by atoms with E-state index in [-0.39, 0.29) is 11.6 Å². The van der Waals surface area contributed by atoms with Crippen molar-refractivity contribution < 1.29 is 18.8 Å². The van der Waals surface area contributed by atoms with Gasteiger partial charge in [-0.2, -0.15) is 4.72 Å². The molecular formula is C18H25ClN6O4S. The number of aromatic nitrogens is 5. The molecule has 30 heavy (non-hydrogen) atoms. The molecule has 1 aliphatic carbocycles. The number of ether oxygens (including phenoxy) is 3. The molecule has 1 saturated carbocycles. The van der Waals surface area contributed by atoms with Gasteiger partial charge in [0.2, 0.25) is 0 Å². The summed E-state index contributed by atoms with van der Waals surface area (Å²) in [7, 11) is 1.53. The molecule has 4 atom stereocenters. The summed E-state index contributed by atoms with van der Waals surface area (Å²) in [4.78, 5) is 8.40. The van der Waals surface area contributed by atoms with Crippen molar-refractivity contribution in [2.24, 2.45) is 0 Å². The first-order valence-electron chi connectivity index (χ1n) is 9.75. The molecule has 2 aromatic heterocycles. The van der Waals surface area contributed by atoms with E-state index in [0.29, 0.717) is 42.4 Å². The quantitative estimate of drug-likeness (QED) is 0.595. The van der Waals surface area contributed by atoms with Gasteiger partial charge in [-0.15, -0.1) is 10.2 Å². The minimum absolute atomic E-state index is 0.130. The summed E-state index contributed by atoms with van der Waals surface area (Å²) in [6.45, 7) is 5.43. The lowest BCUT2D eigenvalue weighted by molar-refractivity contribution is -0.0952.